The van der Waals surface area contributed by atoms with Gasteiger partial charge in [0, 0.05) is 31.2 Å². The van der Waals surface area contributed by atoms with Gasteiger partial charge in [0.1, 0.15) is 0 Å². The summed E-state index contributed by atoms with van der Waals surface area (Å²) in [6, 6.07) is 14.0. The summed E-state index contributed by atoms with van der Waals surface area (Å²) in [7, 11) is -3.51. The number of hydrogen-bond donors (Lipinski definition) is 0. The average Bonchev–Trinajstić information content (AvgIpc) is 2.55. The third-order valence-corrected chi connectivity index (χ3v) is 6.31. The highest BCUT2D eigenvalue weighted by molar-refractivity contribution is 7.89. The van der Waals surface area contributed by atoms with E-state index in [1.807, 2.05) is 24.3 Å². The monoisotopic (exact) mass is 370 g/mol. The van der Waals surface area contributed by atoms with Crippen molar-refractivity contribution in [2.75, 3.05) is 31.1 Å². The molecule has 23 heavy (non-hydrogen) atoms. The van der Waals surface area contributed by atoms with Gasteiger partial charge >= 0.3 is 0 Å². The second-order valence-electron chi connectivity index (χ2n) is 5.30. The minimum Gasteiger partial charge on any atom is -0.368 e. The molecule has 0 aromatic heterocycles. The molecule has 0 N–H and O–H groups in total. The molecular weight excluding hydrogens is 355 g/mol. The number of piperazine rings is 1. The fourth-order valence-corrected chi connectivity index (χ4v) is 4.63. The summed E-state index contributed by atoms with van der Waals surface area (Å²) < 4.78 is 26.8. The summed E-state index contributed by atoms with van der Waals surface area (Å²) in [6.07, 6.45) is 0. The molecule has 0 atom stereocenters. The van der Waals surface area contributed by atoms with Gasteiger partial charge in [0.25, 0.3) is 0 Å². The van der Waals surface area contributed by atoms with Crippen LogP contribution in [0.4, 0.5) is 5.69 Å². The van der Waals surface area contributed by atoms with Crippen molar-refractivity contribution >= 4 is 38.9 Å². The number of nitrogens with zero attached hydrogens (tertiary/aromatic N) is 2. The van der Waals surface area contributed by atoms with E-state index >= 15 is 0 Å². The van der Waals surface area contributed by atoms with Crippen LogP contribution >= 0.6 is 23.2 Å². The van der Waals surface area contributed by atoms with Crippen LogP contribution in [0.3, 0.4) is 0 Å². The predicted molar refractivity (Wildman–Crippen MR) is 93.9 cm³/mol. The van der Waals surface area contributed by atoms with Crippen molar-refractivity contribution in [3.8, 4) is 0 Å². The quantitative estimate of drug-likeness (QED) is 0.829. The molecule has 1 heterocycles. The molecule has 2 aromatic rings. The van der Waals surface area contributed by atoms with Gasteiger partial charge in [0.15, 0.2) is 0 Å². The predicted octanol–water partition coefficient (Wildman–Crippen LogP) is 3.50. The van der Waals surface area contributed by atoms with Gasteiger partial charge in [-0.25, -0.2) is 8.42 Å². The van der Waals surface area contributed by atoms with Crippen molar-refractivity contribution in [1.82, 2.24) is 4.31 Å². The number of halogens is 2. The van der Waals surface area contributed by atoms with E-state index in [4.69, 9.17) is 23.2 Å². The Kier molecular flexibility index (Phi) is 4.82. The Hall–Kier alpha value is -1.27. The molecule has 1 fully saturated rings. The lowest BCUT2D eigenvalue weighted by atomic mass is 10.2. The first-order chi connectivity index (χ1) is 11.0. The van der Waals surface area contributed by atoms with Gasteiger partial charge in [0.2, 0.25) is 10.0 Å². The highest BCUT2D eigenvalue weighted by Crippen LogP contribution is 2.27. The molecule has 3 rings (SSSR count). The average molecular weight is 371 g/mol. The van der Waals surface area contributed by atoms with Crippen molar-refractivity contribution in [3.05, 3.63) is 58.6 Å². The van der Waals surface area contributed by atoms with Crippen LogP contribution in [0.25, 0.3) is 0 Å². The van der Waals surface area contributed by atoms with Crippen LogP contribution in [0.15, 0.2) is 53.4 Å². The zero-order valence-electron chi connectivity index (χ0n) is 12.3. The second kappa shape index (κ2) is 6.69. The van der Waals surface area contributed by atoms with Crippen LogP contribution in [0.1, 0.15) is 0 Å². The molecular formula is C16H16Cl2N2O2S. The third-order valence-electron chi connectivity index (χ3n) is 3.87. The normalized spacial score (nSPS) is 16.5. The molecule has 122 valence electrons. The molecule has 4 nitrogen and oxygen atoms in total. The molecule has 1 saturated heterocycles. The highest BCUT2D eigenvalue weighted by Gasteiger charge is 2.29. The Morgan fingerprint density at radius 3 is 2.22 bits per heavy atom. The minimum atomic E-state index is -3.51. The van der Waals surface area contributed by atoms with Gasteiger partial charge in [0.05, 0.1) is 15.6 Å². The molecule has 0 bridgehead atoms. The largest absolute Gasteiger partial charge is 0.368 e. The summed E-state index contributed by atoms with van der Waals surface area (Å²) in [5, 5.41) is 1.10. The first kappa shape index (κ1) is 16.6. The van der Waals surface area contributed by atoms with Crippen molar-refractivity contribution < 1.29 is 8.42 Å². The van der Waals surface area contributed by atoms with E-state index in [0.717, 1.165) is 5.69 Å². The Morgan fingerprint density at radius 1 is 0.870 bits per heavy atom. The van der Waals surface area contributed by atoms with E-state index in [1.165, 1.54) is 10.4 Å². The Labute approximate surface area is 146 Å². The van der Waals surface area contributed by atoms with Crippen LogP contribution in [0, 0.1) is 0 Å². The van der Waals surface area contributed by atoms with E-state index in [2.05, 4.69) is 4.90 Å². The molecule has 1 aliphatic rings. The van der Waals surface area contributed by atoms with Gasteiger partial charge in [-0.15, -0.1) is 0 Å². The van der Waals surface area contributed by atoms with E-state index in [0.29, 0.717) is 36.2 Å². The van der Waals surface area contributed by atoms with Crippen LogP contribution in [0.2, 0.25) is 10.0 Å². The van der Waals surface area contributed by atoms with Crippen LogP contribution in [0.5, 0.6) is 0 Å². The van der Waals surface area contributed by atoms with Gasteiger partial charge in [-0.1, -0.05) is 41.4 Å². The SMILES string of the molecule is O=S(=O)(c1cccc(Cl)c1)N1CCN(c2ccccc2Cl)CC1. The fourth-order valence-electron chi connectivity index (χ4n) is 2.65. The van der Waals surface area contributed by atoms with Gasteiger partial charge in [-0.3, -0.25) is 0 Å². The van der Waals surface area contributed by atoms with Gasteiger partial charge in [-0.05, 0) is 30.3 Å². The highest BCUT2D eigenvalue weighted by atomic mass is 35.5. The summed E-state index contributed by atoms with van der Waals surface area (Å²) in [5.41, 5.74) is 0.939. The first-order valence-corrected chi connectivity index (χ1v) is 9.43. The number of hydrogen-bond acceptors (Lipinski definition) is 3. The maximum Gasteiger partial charge on any atom is 0.243 e. The molecule has 0 unspecified atom stereocenters. The minimum absolute atomic E-state index is 0.233. The maximum absolute atomic E-state index is 12.7. The number of rotatable bonds is 3. The van der Waals surface area contributed by atoms with Crippen LogP contribution in [-0.4, -0.2) is 38.9 Å². The van der Waals surface area contributed by atoms with E-state index in [1.54, 1.807) is 18.2 Å². The first-order valence-electron chi connectivity index (χ1n) is 7.24. The van der Waals surface area contributed by atoms with Crippen molar-refractivity contribution in [2.45, 2.75) is 4.90 Å². The molecule has 0 aliphatic carbocycles. The van der Waals surface area contributed by atoms with E-state index in [-0.39, 0.29) is 4.90 Å². The van der Waals surface area contributed by atoms with Gasteiger partial charge in [-0.2, -0.15) is 4.31 Å². The molecule has 0 spiro atoms. The lowest BCUT2D eigenvalue weighted by Crippen LogP contribution is -2.48. The Morgan fingerprint density at radius 2 is 1.57 bits per heavy atom. The number of anilines is 1. The van der Waals surface area contributed by atoms with Crippen molar-refractivity contribution in [2.24, 2.45) is 0 Å². The lowest BCUT2D eigenvalue weighted by molar-refractivity contribution is 0.385. The Bertz CT molecular complexity index is 803. The topological polar surface area (TPSA) is 40.6 Å². The summed E-state index contributed by atoms with van der Waals surface area (Å²) >= 11 is 12.1. The molecule has 0 amide bonds. The zero-order valence-corrected chi connectivity index (χ0v) is 14.7. The molecule has 0 saturated carbocycles. The maximum atomic E-state index is 12.7. The van der Waals surface area contributed by atoms with Crippen molar-refractivity contribution in [3.63, 3.8) is 0 Å². The number of sulfonamides is 1. The smallest absolute Gasteiger partial charge is 0.243 e. The number of benzene rings is 2. The second-order valence-corrected chi connectivity index (χ2v) is 8.08. The fraction of sp³-hybridized carbons (Fsp3) is 0.250. The molecule has 0 radical (unpaired) electrons. The lowest BCUT2D eigenvalue weighted by Gasteiger charge is -2.35. The Balaban J connectivity index is 1.75. The summed E-state index contributed by atoms with van der Waals surface area (Å²) in [5.74, 6) is 0. The van der Waals surface area contributed by atoms with Crippen LogP contribution < -0.4 is 4.90 Å². The third kappa shape index (κ3) is 3.48. The van der Waals surface area contributed by atoms with Gasteiger partial charge < -0.3 is 4.90 Å². The molecule has 2 aromatic carbocycles. The number of para-hydroxylation sites is 1. The van der Waals surface area contributed by atoms with E-state index in [9.17, 15) is 8.42 Å². The zero-order chi connectivity index (χ0) is 16.4. The van der Waals surface area contributed by atoms with Crippen LogP contribution in [-0.2, 0) is 10.0 Å². The van der Waals surface area contributed by atoms with Crippen molar-refractivity contribution in [1.29, 1.82) is 0 Å². The molecule has 7 heteroatoms. The summed E-state index contributed by atoms with van der Waals surface area (Å²) in [4.78, 5) is 2.34. The standard InChI is InChI=1S/C16H16Cl2N2O2S/c17-13-4-3-5-14(12-13)23(21,22)20-10-8-19(9-11-20)16-7-2-1-6-15(16)18/h1-7,12H,8-11H2. The summed E-state index contributed by atoms with van der Waals surface area (Å²) in [6.45, 7) is 2.03. The van der Waals surface area contributed by atoms with E-state index < -0.39 is 10.0 Å². The molecule has 1 aliphatic heterocycles.